The van der Waals surface area contributed by atoms with Crippen molar-refractivity contribution in [1.29, 1.82) is 0 Å². The van der Waals surface area contributed by atoms with Crippen molar-refractivity contribution in [1.82, 2.24) is 24.6 Å². The zero-order chi connectivity index (χ0) is 22.8. The Bertz CT molecular complexity index is 1140. The van der Waals surface area contributed by atoms with Gasteiger partial charge in [0.15, 0.2) is 0 Å². The van der Waals surface area contributed by atoms with E-state index < -0.39 is 5.82 Å². The summed E-state index contributed by atoms with van der Waals surface area (Å²) in [6.07, 6.45) is 7.65. The molecule has 33 heavy (non-hydrogen) atoms. The van der Waals surface area contributed by atoms with Crippen LogP contribution < -0.4 is 11.0 Å². The first-order valence-corrected chi connectivity index (χ1v) is 12.2. The summed E-state index contributed by atoms with van der Waals surface area (Å²) in [5.41, 5.74) is 0.817. The second-order valence-corrected chi connectivity index (χ2v) is 9.27. The molecule has 0 unspecified atom stereocenters. The third kappa shape index (κ3) is 4.61. The molecule has 2 fully saturated rings. The van der Waals surface area contributed by atoms with Gasteiger partial charge in [-0.05, 0) is 81.6 Å². The lowest BCUT2D eigenvalue weighted by Gasteiger charge is -2.28. The number of halogens is 1. The van der Waals surface area contributed by atoms with E-state index in [0.29, 0.717) is 29.5 Å². The van der Waals surface area contributed by atoms with E-state index in [0.717, 1.165) is 51.4 Å². The van der Waals surface area contributed by atoms with Gasteiger partial charge < -0.3 is 14.6 Å². The molecule has 1 aliphatic heterocycles. The molecule has 5 rings (SSSR count). The number of aryl methyl sites for hydroxylation is 1. The molecular weight excluding hydrogens is 425 g/mol. The van der Waals surface area contributed by atoms with E-state index in [1.165, 1.54) is 36.0 Å². The van der Waals surface area contributed by atoms with Crippen LogP contribution in [0.1, 0.15) is 63.7 Å². The molecule has 0 bridgehead atoms. The number of nitrogens with zero attached hydrogens (tertiary/aromatic N) is 4. The van der Waals surface area contributed by atoms with Gasteiger partial charge in [0.1, 0.15) is 5.82 Å². The van der Waals surface area contributed by atoms with Gasteiger partial charge in [0, 0.05) is 37.8 Å². The van der Waals surface area contributed by atoms with Crippen molar-refractivity contribution in [3.63, 3.8) is 0 Å². The van der Waals surface area contributed by atoms with E-state index in [2.05, 4.69) is 15.5 Å². The molecule has 1 aromatic carbocycles. The van der Waals surface area contributed by atoms with Crippen molar-refractivity contribution >= 4 is 11.0 Å². The third-order valence-corrected chi connectivity index (χ3v) is 7.24. The highest BCUT2D eigenvalue weighted by Crippen LogP contribution is 2.32. The lowest BCUT2D eigenvalue weighted by atomic mass is 9.85. The molecule has 1 saturated carbocycles. The highest BCUT2D eigenvalue weighted by Gasteiger charge is 2.28. The maximum atomic E-state index is 13.9. The van der Waals surface area contributed by atoms with E-state index in [-0.39, 0.29) is 17.6 Å². The van der Waals surface area contributed by atoms with Crippen LogP contribution in [0.15, 0.2) is 27.5 Å². The number of imidazole rings is 1. The number of nitrogens with one attached hydrogen (secondary N) is 1. The number of hydrogen-bond acceptors (Lipinski definition) is 6. The Morgan fingerprint density at radius 3 is 2.67 bits per heavy atom. The lowest BCUT2D eigenvalue weighted by molar-refractivity contribution is 0.0636. The summed E-state index contributed by atoms with van der Waals surface area (Å²) in [4.78, 5) is 17.5. The van der Waals surface area contributed by atoms with Crippen LogP contribution >= 0.6 is 0 Å². The second-order valence-electron chi connectivity index (χ2n) is 9.27. The summed E-state index contributed by atoms with van der Waals surface area (Å²) in [5, 5.41) is 7.81. The molecule has 0 spiro atoms. The van der Waals surface area contributed by atoms with Gasteiger partial charge in [-0.15, -0.1) is 0 Å². The van der Waals surface area contributed by atoms with Crippen molar-refractivity contribution in [2.45, 2.75) is 70.4 Å². The van der Waals surface area contributed by atoms with Gasteiger partial charge in [0.25, 0.3) is 5.95 Å². The number of rotatable bonds is 7. The average Bonchev–Trinajstić information content (AvgIpc) is 3.42. The van der Waals surface area contributed by atoms with Crippen LogP contribution in [-0.2, 0) is 11.3 Å². The zero-order valence-corrected chi connectivity index (χ0v) is 19.1. The van der Waals surface area contributed by atoms with Crippen LogP contribution in [-0.4, -0.2) is 45.1 Å². The summed E-state index contributed by atoms with van der Waals surface area (Å²) in [5.74, 6) is 1.30. The fraction of sp³-hybridized carbons (Fsp3) is 0.625. The van der Waals surface area contributed by atoms with Crippen LogP contribution in [0.3, 0.4) is 0 Å². The fourth-order valence-corrected chi connectivity index (χ4v) is 5.28. The normalized spacial score (nSPS) is 22.2. The highest BCUT2D eigenvalue weighted by molar-refractivity contribution is 5.77. The summed E-state index contributed by atoms with van der Waals surface area (Å²) >= 11 is 0. The van der Waals surface area contributed by atoms with Gasteiger partial charge in [-0.3, -0.25) is 4.57 Å². The van der Waals surface area contributed by atoms with Gasteiger partial charge >= 0.3 is 5.69 Å². The summed E-state index contributed by atoms with van der Waals surface area (Å²) in [7, 11) is 0. The van der Waals surface area contributed by atoms with Gasteiger partial charge in [-0.25, -0.2) is 13.8 Å². The van der Waals surface area contributed by atoms with Crippen LogP contribution in [0.25, 0.3) is 17.0 Å². The van der Waals surface area contributed by atoms with Crippen LogP contribution in [0.4, 0.5) is 4.39 Å². The van der Waals surface area contributed by atoms with Gasteiger partial charge in [-0.1, -0.05) is 0 Å². The van der Waals surface area contributed by atoms with E-state index in [1.807, 2.05) is 6.92 Å². The molecule has 9 heteroatoms. The summed E-state index contributed by atoms with van der Waals surface area (Å²) < 4.78 is 27.9. The Morgan fingerprint density at radius 1 is 1.12 bits per heavy atom. The van der Waals surface area contributed by atoms with Crippen molar-refractivity contribution in [2.24, 2.45) is 5.92 Å². The Morgan fingerprint density at radius 2 is 1.91 bits per heavy atom. The summed E-state index contributed by atoms with van der Waals surface area (Å²) in [6, 6.07) is 4.84. The number of fused-ring (bicyclic) bond motifs is 1. The molecule has 1 saturated heterocycles. The number of hydrogen-bond donors (Lipinski definition) is 1. The van der Waals surface area contributed by atoms with Crippen molar-refractivity contribution in [2.75, 3.05) is 19.8 Å². The minimum atomic E-state index is -0.407. The Kier molecular flexibility index (Phi) is 6.59. The molecule has 1 N–H and O–H groups in total. The molecule has 8 nitrogen and oxygen atoms in total. The van der Waals surface area contributed by atoms with E-state index in [9.17, 15) is 9.18 Å². The molecule has 0 atom stereocenters. The van der Waals surface area contributed by atoms with E-state index in [4.69, 9.17) is 9.26 Å². The summed E-state index contributed by atoms with van der Waals surface area (Å²) in [6.45, 7) is 5.23. The largest absolute Gasteiger partial charge is 0.381 e. The van der Waals surface area contributed by atoms with E-state index >= 15 is 0 Å². The Labute approximate surface area is 192 Å². The van der Waals surface area contributed by atoms with Crippen molar-refractivity contribution in [3.05, 3.63) is 40.4 Å². The van der Waals surface area contributed by atoms with Crippen molar-refractivity contribution < 1.29 is 13.7 Å². The maximum Gasteiger partial charge on any atom is 0.336 e. The van der Waals surface area contributed by atoms with Crippen LogP contribution in [0.2, 0.25) is 0 Å². The second kappa shape index (κ2) is 9.77. The maximum absolute atomic E-state index is 13.9. The molecule has 2 aliphatic rings. The predicted molar refractivity (Wildman–Crippen MR) is 122 cm³/mol. The first-order chi connectivity index (χ1) is 16.1. The minimum absolute atomic E-state index is 0.175. The van der Waals surface area contributed by atoms with Crippen molar-refractivity contribution in [3.8, 4) is 5.95 Å². The molecule has 0 amide bonds. The SMILES string of the molecule is CCn1c(=O)n(-c2noc(C3CCC(NCCC4CCOCC4)CC3)n2)c2cc(F)ccc21. The fourth-order valence-electron chi connectivity index (χ4n) is 5.28. The van der Waals surface area contributed by atoms with Crippen LogP contribution in [0.5, 0.6) is 0 Å². The first-order valence-electron chi connectivity index (χ1n) is 12.2. The predicted octanol–water partition coefficient (Wildman–Crippen LogP) is 3.77. The molecule has 0 radical (unpaired) electrons. The number of benzene rings is 1. The van der Waals surface area contributed by atoms with Gasteiger partial charge in [0.2, 0.25) is 5.89 Å². The monoisotopic (exact) mass is 457 g/mol. The van der Waals surface area contributed by atoms with Gasteiger partial charge in [-0.2, -0.15) is 4.98 Å². The quantitative estimate of drug-likeness (QED) is 0.581. The Balaban J connectivity index is 1.23. The molecule has 3 heterocycles. The van der Waals surface area contributed by atoms with E-state index in [1.54, 1.807) is 10.6 Å². The third-order valence-electron chi connectivity index (χ3n) is 7.24. The smallest absolute Gasteiger partial charge is 0.336 e. The molecule has 1 aliphatic carbocycles. The lowest BCUT2D eigenvalue weighted by Crippen LogP contribution is -2.34. The first kappa shape index (κ1) is 22.3. The number of ether oxygens (including phenoxy) is 1. The van der Waals surface area contributed by atoms with Gasteiger partial charge in [0.05, 0.1) is 11.0 Å². The topological polar surface area (TPSA) is 87.1 Å². The zero-order valence-electron chi connectivity index (χ0n) is 19.1. The molecular formula is C24H32FN5O3. The highest BCUT2D eigenvalue weighted by atomic mass is 19.1. The Hall–Kier alpha value is -2.52. The standard InChI is InChI=1S/C24H32FN5O3/c1-2-29-20-8-5-18(25)15-21(20)30(24(29)31)23-27-22(33-28-23)17-3-6-19(7-4-17)26-12-9-16-10-13-32-14-11-16/h5,8,15-17,19,26H,2-4,6-7,9-14H2,1H3. The van der Waals surface area contributed by atoms with Crippen LogP contribution in [0, 0.1) is 11.7 Å². The molecule has 2 aromatic heterocycles. The average molecular weight is 458 g/mol. The molecule has 178 valence electrons. The minimum Gasteiger partial charge on any atom is -0.381 e. The number of aromatic nitrogens is 4. The molecule has 3 aromatic rings.